The van der Waals surface area contributed by atoms with Gasteiger partial charge in [-0.2, -0.15) is 0 Å². The Kier molecular flexibility index (Phi) is 6.70. The van der Waals surface area contributed by atoms with Gasteiger partial charge in [-0.3, -0.25) is 9.59 Å². The predicted octanol–water partition coefficient (Wildman–Crippen LogP) is 2.82. The van der Waals surface area contributed by atoms with Crippen LogP contribution in [0.5, 0.6) is 5.75 Å². The lowest BCUT2D eigenvalue weighted by Crippen LogP contribution is -2.49. The molecule has 1 atom stereocenters. The summed E-state index contributed by atoms with van der Waals surface area (Å²) in [7, 11) is 1.87. The predicted molar refractivity (Wildman–Crippen MR) is 119 cm³/mol. The number of hydrogen-bond donors (Lipinski definition) is 0. The highest BCUT2D eigenvalue weighted by Gasteiger charge is 2.28. The summed E-state index contributed by atoms with van der Waals surface area (Å²) < 4.78 is 5.93. The van der Waals surface area contributed by atoms with E-state index in [1.54, 1.807) is 6.20 Å². The van der Waals surface area contributed by atoms with Gasteiger partial charge < -0.3 is 19.4 Å². The van der Waals surface area contributed by atoms with Crippen molar-refractivity contribution in [3.63, 3.8) is 0 Å². The van der Waals surface area contributed by atoms with Crippen LogP contribution in [0.1, 0.15) is 36.0 Å². The average Bonchev–Trinajstić information content (AvgIpc) is 3.23. The molecule has 164 valence electrons. The fourth-order valence-corrected chi connectivity index (χ4v) is 4.35. The van der Waals surface area contributed by atoms with Gasteiger partial charge in [0.2, 0.25) is 5.91 Å². The zero-order valence-electron chi connectivity index (χ0n) is 18.1. The van der Waals surface area contributed by atoms with E-state index in [1.165, 1.54) is 0 Å². The van der Waals surface area contributed by atoms with Gasteiger partial charge in [-0.25, -0.2) is 4.98 Å². The molecule has 0 saturated carbocycles. The van der Waals surface area contributed by atoms with Crippen molar-refractivity contribution in [3.05, 3.63) is 54.2 Å². The number of likely N-dealkylation sites (N-methyl/N-ethyl adjacent to an activating group) is 1. The molecule has 2 amide bonds. The summed E-state index contributed by atoms with van der Waals surface area (Å²) in [5, 5.41) is 0. The van der Waals surface area contributed by atoms with Gasteiger partial charge in [-0.15, -0.1) is 0 Å². The number of carbonyl (C=O) groups is 2. The Balaban J connectivity index is 1.39. The van der Waals surface area contributed by atoms with E-state index in [-0.39, 0.29) is 17.9 Å². The number of piperidine rings is 1. The minimum absolute atomic E-state index is 0.0410. The first-order valence-electron chi connectivity index (χ1n) is 11.1. The van der Waals surface area contributed by atoms with Gasteiger partial charge in [0.05, 0.1) is 12.1 Å². The minimum Gasteiger partial charge on any atom is -0.491 e. The van der Waals surface area contributed by atoms with Crippen molar-refractivity contribution in [2.75, 3.05) is 44.7 Å². The van der Waals surface area contributed by atoms with Crippen molar-refractivity contribution in [1.82, 2.24) is 14.8 Å². The van der Waals surface area contributed by atoms with Crippen LogP contribution in [0.3, 0.4) is 0 Å². The van der Waals surface area contributed by atoms with E-state index in [2.05, 4.69) is 9.88 Å². The molecule has 2 saturated heterocycles. The van der Waals surface area contributed by atoms with E-state index in [1.807, 2.05) is 59.3 Å². The fourth-order valence-electron chi connectivity index (χ4n) is 4.35. The summed E-state index contributed by atoms with van der Waals surface area (Å²) in [5.41, 5.74) is 0.563. The quantitative estimate of drug-likeness (QED) is 0.687. The molecule has 7 nitrogen and oxygen atoms in total. The van der Waals surface area contributed by atoms with Crippen LogP contribution < -0.4 is 9.64 Å². The van der Waals surface area contributed by atoms with E-state index in [9.17, 15) is 9.59 Å². The van der Waals surface area contributed by atoms with Gasteiger partial charge in [-0.05, 0) is 43.5 Å². The third-order valence-corrected chi connectivity index (χ3v) is 6.15. The number of pyridine rings is 1. The number of carbonyl (C=O) groups excluding carboxylic acids is 2. The van der Waals surface area contributed by atoms with Gasteiger partial charge >= 0.3 is 0 Å². The fraction of sp³-hybridized carbons (Fsp3) is 0.458. The van der Waals surface area contributed by atoms with Crippen LogP contribution in [-0.4, -0.2) is 72.5 Å². The van der Waals surface area contributed by atoms with Crippen LogP contribution >= 0.6 is 0 Å². The Morgan fingerprint density at radius 2 is 2.00 bits per heavy atom. The number of anilines is 1. The van der Waals surface area contributed by atoms with Crippen LogP contribution in [-0.2, 0) is 4.79 Å². The number of amides is 2. The summed E-state index contributed by atoms with van der Waals surface area (Å²) in [4.78, 5) is 35.5. The van der Waals surface area contributed by atoms with Gasteiger partial charge in [0.1, 0.15) is 18.2 Å². The molecule has 0 radical (unpaired) electrons. The number of para-hydroxylation sites is 1. The summed E-state index contributed by atoms with van der Waals surface area (Å²) in [5.74, 6) is 1.67. The lowest BCUT2D eigenvalue weighted by Gasteiger charge is -2.38. The zero-order chi connectivity index (χ0) is 21.6. The van der Waals surface area contributed by atoms with Crippen molar-refractivity contribution in [1.29, 1.82) is 0 Å². The van der Waals surface area contributed by atoms with E-state index >= 15 is 0 Å². The Morgan fingerprint density at radius 1 is 1.16 bits per heavy atom. The van der Waals surface area contributed by atoms with E-state index < -0.39 is 0 Å². The SMILES string of the molecule is CN(C(=O)c1ccccc1OCCN1CCCC1=O)[C@@H]1CCCN(c2ccccn2)C1. The van der Waals surface area contributed by atoms with Gasteiger partial charge in [0.25, 0.3) is 5.91 Å². The maximum atomic E-state index is 13.3. The summed E-state index contributed by atoms with van der Waals surface area (Å²) >= 11 is 0. The molecule has 2 aliphatic rings. The highest BCUT2D eigenvalue weighted by Crippen LogP contribution is 2.24. The minimum atomic E-state index is -0.0410. The van der Waals surface area contributed by atoms with Crippen molar-refractivity contribution >= 4 is 17.6 Å². The van der Waals surface area contributed by atoms with Gasteiger partial charge in [0, 0.05) is 45.3 Å². The molecule has 31 heavy (non-hydrogen) atoms. The highest BCUT2D eigenvalue weighted by atomic mass is 16.5. The van der Waals surface area contributed by atoms with Crippen LogP contribution in [0.15, 0.2) is 48.7 Å². The molecule has 0 unspecified atom stereocenters. The molecule has 7 heteroatoms. The number of aromatic nitrogens is 1. The second-order valence-electron chi connectivity index (χ2n) is 8.18. The Labute approximate surface area is 183 Å². The average molecular weight is 423 g/mol. The highest BCUT2D eigenvalue weighted by molar-refractivity contribution is 5.97. The molecule has 1 aromatic carbocycles. The molecular weight excluding hydrogens is 392 g/mol. The Hall–Kier alpha value is -3.09. The van der Waals surface area contributed by atoms with E-state index in [0.29, 0.717) is 30.9 Å². The molecule has 2 aromatic rings. The van der Waals surface area contributed by atoms with Crippen LogP contribution in [0.25, 0.3) is 0 Å². The molecule has 2 aliphatic heterocycles. The summed E-state index contributed by atoms with van der Waals surface area (Å²) in [6, 6.07) is 13.4. The monoisotopic (exact) mass is 422 g/mol. The topological polar surface area (TPSA) is 66.0 Å². The molecule has 3 heterocycles. The second kappa shape index (κ2) is 9.81. The molecule has 0 bridgehead atoms. The Bertz CT molecular complexity index is 905. The number of ether oxygens (including phenoxy) is 1. The van der Waals surface area contributed by atoms with Crippen molar-refractivity contribution in [2.24, 2.45) is 0 Å². The van der Waals surface area contributed by atoms with Crippen molar-refractivity contribution in [2.45, 2.75) is 31.7 Å². The molecule has 1 aromatic heterocycles. The molecule has 0 N–H and O–H groups in total. The zero-order valence-corrected chi connectivity index (χ0v) is 18.1. The summed E-state index contributed by atoms with van der Waals surface area (Å²) in [6.07, 6.45) is 5.32. The third-order valence-electron chi connectivity index (χ3n) is 6.15. The first-order valence-corrected chi connectivity index (χ1v) is 11.1. The normalized spacial score (nSPS) is 18.9. The van der Waals surface area contributed by atoms with Crippen molar-refractivity contribution in [3.8, 4) is 5.75 Å². The number of benzene rings is 1. The largest absolute Gasteiger partial charge is 0.491 e. The van der Waals surface area contributed by atoms with E-state index in [0.717, 1.165) is 44.7 Å². The first-order chi connectivity index (χ1) is 15.1. The van der Waals surface area contributed by atoms with Gasteiger partial charge in [-0.1, -0.05) is 18.2 Å². The first kappa shape index (κ1) is 21.2. The van der Waals surface area contributed by atoms with Crippen LogP contribution in [0.2, 0.25) is 0 Å². The van der Waals surface area contributed by atoms with E-state index in [4.69, 9.17) is 4.74 Å². The Morgan fingerprint density at radius 3 is 2.77 bits per heavy atom. The standard InChI is InChI=1S/C24H30N4O3/c1-26(19-8-6-15-28(18-19)22-11-4-5-13-25-22)24(30)20-9-2-3-10-21(20)31-17-16-27-14-7-12-23(27)29/h2-5,9-11,13,19H,6-8,12,14-18H2,1H3/t19-/m1/s1. The second-order valence-corrected chi connectivity index (χ2v) is 8.18. The third kappa shape index (κ3) is 4.98. The summed E-state index contributed by atoms with van der Waals surface area (Å²) in [6.45, 7) is 3.44. The van der Waals surface area contributed by atoms with Crippen LogP contribution in [0.4, 0.5) is 5.82 Å². The maximum Gasteiger partial charge on any atom is 0.257 e. The van der Waals surface area contributed by atoms with Crippen molar-refractivity contribution < 1.29 is 14.3 Å². The lowest BCUT2D eigenvalue weighted by molar-refractivity contribution is -0.128. The van der Waals surface area contributed by atoms with Crippen LogP contribution in [0, 0.1) is 0 Å². The smallest absolute Gasteiger partial charge is 0.257 e. The molecule has 0 spiro atoms. The maximum absolute atomic E-state index is 13.3. The van der Waals surface area contributed by atoms with Gasteiger partial charge in [0.15, 0.2) is 0 Å². The lowest BCUT2D eigenvalue weighted by atomic mass is 10.0. The molecular formula is C24H30N4O3. The number of likely N-dealkylation sites (tertiary alicyclic amines) is 1. The number of rotatable bonds is 7. The molecule has 0 aliphatic carbocycles. The molecule has 4 rings (SSSR count). The molecule has 2 fully saturated rings. The number of hydrogen-bond acceptors (Lipinski definition) is 5. The number of nitrogens with zero attached hydrogens (tertiary/aromatic N) is 4.